The standard InChI is InChI=1S/C26H38ClN3O3.C7H9N.C2H4N2/c1-5-22(25(28-3)20-12-13-30(4)16-20)29-26(31)19-9-7-8-18(14-19)17-33-24-15-21(27)10-11-23(24)32-6-2;1-8-7-5-3-2-4-6-7;1-3-4-2/h5,10-11,15,18-20,28H,1,6-9,12-14,16-17H2,2-4H3,(H,29,31);2-6,8H,1H3;1-2H2/b25-22+;;. The summed E-state index contributed by atoms with van der Waals surface area (Å²) in [6.45, 7) is 15.1. The molecule has 9 nitrogen and oxygen atoms in total. The summed E-state index contributed by atoms with van der Waals surface area (Å²) in [7, 11) is 5.96. The number of anilines is 1. The molecule has 0 bridgehead atoms. The Morgan fingerprint density at radius 3 is 2.33 bits per heavy atom. The van der Waals surface area contributed by atoms with E-state index < -0.39 is 0 Å². The van der Waals surface area contributed by atoms with Gasteiger partial charge in [-0.15, -0.1) is 0 Å². The highest BCUT2D eigenvalue weighted by molar-refractivity contribution is 6.30. The highest BCUT2D eigenvalue weighted by Crippen LogP contribution is 2.34. The molecule has 1 aliphatic heterocycles. The van der Waals surface area contributed by atoms with Gasteiger partial charge < -0.3 is 30.3 Å². The van der Waals surface area contributed by atoms with Crippen molar-refractivity contribution >= 4 is 36.6 Å². The van der Waals surface area contributed by atoms with Gasteiger partial charge in [-0.05, 0) is 82.5 Å². The Morgan fingerprint density at radius 2 is 1.78 bits per heavy atom. The second-order valence-electron chi connectivity index (χ2n) is 11.0. The van der Waals surface area contributed by atoms with E-state index in [9.17, 15) is 4.79 Å². The number of likely N-dealkylation sites (tertiary alicyclic amines) is 1. The van der Waals surface area contributed by atoms with Crippen LogP contribution in [0.2, 0.25) is 5.02 Å². The van der Waals surface area contributed by atoms with Gasteiger partial charge in [0.25, 0.3) is 0 Å². The molecule has 3 atom stereocenters. The Hall–Kier alpha value is -3.82. The first-order chi connectivity index (χ1) is 21.8. The van der Waals surface area contributed by atoms with Gasteiger partial charge in [-0.1, -0.05) is 42.8 Å². The maximum Gasteiger partial charge on any atom is 0.227 e. The van der Waals surface area contributed by atoms with Crippen LogP contribution < -0.4 is 25.4 Å². The van der Waals surface area contributed by atoms with Crippen molar-refractivity contribution in [1.82, 2.24) is 15.5 Å². The van der Waals surface area contributed by atoms with E-state index in [0.717, 1.165) is 62.3 Å². The molecule has 0 aromatic heterocycles. The van der Waals surface area contributed by atoms with Gasteiger partial charge in [-0.2, -0.15) is 10.2 Å². The molecule has 2 aromatic carbocycles. The predicted octanol–water partition coefficient (Wildman–Crippen LogP) is 6.64. The van der Waals surface area contributed by atoms with Gasteiger partial charge in [-0.3, -0.25) is 4.79 Å². The summed E-state index contributed by atoms with van der Waals surface area (Å²) in [5.41, 5.74) is 3.04. The van der Waals surface area contributed by atoms with E-state index in [1.54, 1.807) is 18.2 Å². The summed E-state index contributed by atoms with van der Waals surface area (Å²) >= 11 is 6.15. The van der Waals surface area contributed by atoms with Crippen LogP contribution in [-0.4, -0.2) is 71.7 Å². The molecule has 0 spiro atoms. The second kappa shape index (κ2) is 21.0. The van der Waals surface area contributed by atoms with Crippen molar-refractivity contribution in [2.24, 2.45) is 28.0 Å². The molecule has 2 aliphatic rings. The molecule has 4 rings (SSSR count). The van der Waals surface area contributed by atoms with Crippen LogP contribution in [0.25, 0.3) is 0 Å². The monoisotopic (exact) mass is 638 g/mol. The zero-order valence-corrected chi connectivity index (χ0v) is 28.1. The van der Waals surface area contributed by atoms with Crippen molar-refractivity contribution in [1.29, 1.82) is 0 Å². The molecule has 45 heavy (non-hydrogen) atoms. The summed E-state index contributed by atoms with van der Waals surface area (Å²) in [6, 6.07) is 15.5. The van der Waals surface area contributed by atoms with Crippen molar-refractivity contribution in [3.63, 3.8) is 0 Å². The number of nitrogens with zero attached hydrogens (tertiary/aromatic N) is 3. The van der Waals surface area contributed by atoms with E-state index in [-0.39, 0.29) is 11.8 Å². The van der Waals surface area contributed by atoms with Gasteiger partial charge in [0, 0.05) is 68.4 Å². The molecule has 2 fully saturated rings. The van der Waals surface area contributed by atoms with Crippen LogP contribution in [0.1, 0.15) is 39.0 Å². The van der Waals surface area contributed by atoms with E-state index in [0.29, 0.717) is 41.6 Å². The predicted molar refractivity (Wildman–Crippen MR) is 189 cm³/mol. The number of rotatable bonds is 12. The molecule has 1 saturated carbocycles. The molecule has 1 aliphatic carbocycles. The molecule has 3 unspecified atom stereocenters. The third-order valence-corrected chi connectivity index (χ3v) is 8.05. The zero-order chi connectivity index (χ0) is 33.0. The van der Waals surface area contributed by atoms with Crippen molar-refractivity contribution < 1.29 is 14.3 Å². The largest absolute Gasteiger partial charge is 0.490 e. The number of benzene rings is 2. The number of para-hydroxylation sites is 1. The van der Waals surface area contributed by atoms with E-state index in [2.05, 4.69) is 58.1 Å². The maximum absolute atomic E-state index is 13.2. The van der Waals surface area contributed by atoms with Crippen LogP contribution in [0.4, 0.5) is 5.69 Å². The zero-order valence-electron chi connectivity index (χ0n) is 27.4. The quantitative estimate of drug-likeness (QED) is 0.137. The van der Waals surface area contributed by atoms with E-state index in [1.807, 2.05) is 57.4 Å². The van der Waals surface area contributed by atoms with Crippen LogP contribution in [-0.2, 0) is 4.79 Å². The molecule has 0 radical (unpaired) electrons. The fourth-order valence-electron chi connectivity index (χ4n) is 5.55. The molecule has 3 N–H and O–H groups in total. The lowest BCUT2D eigenvalue weighted by Crippen LogP contribution is -2.36. The lowest BCUT2D eigenvalue weighted by atomic mass is 9.81. The molecule has 1 saturated heterocycles. The summed E-state index contributed by atoms with van der Waals surface area (Å²) in [4.78, 5) is 15.5. The third kappa shape index (κ3) is 13.0. The Kier molecular flexibility index (Phi) is 17.4. The van der Waals surface area contributed by atoms with Gasteiger partial charge in [0.1, 0.15) is 0 Å². The average Bonchev–Trinajstić information content (AvgIpc) is 3.51. The molecule has 1 heterocycles. The first kappa shape index (κ1) is 37.4. The molecular weight excluding hydrogens is 588 g/mol. The molecule has 246 valence electrons. The lowest BCUT2D eigenvalue weighted by molar-refractivity contribution is -0.125. The smallest absolute Gasteiger partial charge is 0.227 e. The fraction of sp³-hybridized carbons (Fsp3) is 0.457. The minimum Gasteiger partial charge on any atom is -0.490 e. The number of ether oxygens (including phenoxy) is 2. The Labute approximate surface area is 274 Å². The van der Waals surface area contributed by atoms with Crippen LogP contribution in [0, 0.1) is 17.8 Å². The summed E-state index contributed by atoms with van der Waals surface area (Å²) in [5.74, 6) is 2.10. The summed E-state index contributed by atoms with van der Waals surface area (Å²) in [5, 5.41) is 16.1. The highest BCUT2D eigenvalue weighted by Gasteiger charge is 2.30. The van der Waals surface area contributed by atoms with Gasteiger partial charge >= 0.3 is 0 Å². The van der Waals surface area contributed by atoms with Crippen molar-refractivity contribution in [3.05, 3.63) is 77.6 Å². The van der Waals surface area contributed by atoms with Gasteiger partial charge in [0.05, 0.1) is 18.9 Å². The molecule has 1 amide bonds. The van der Waals surface area contributed by atoms with Gasteiger partial charge in [-0.25, -0.2) is 0 Å². The molecule has 2 aromatic rings. The Bertz CT molecular complexity index is 1230. The highest BCUT2D eigenvalue weighted by atomic mass is 35.5. The number of amides is 1. The Morgan fingerprint density at radius 1 is 1.04 bits per heavy atom. The van der Waals surface area contributed by atoms with E-state index in [4.69, 9.17) is 21.1 Å². The summed E-state index contributed by atoms with van der Waals surface area (Å²) in [6.07, 6.45) is 6.61. The van der Waals surface area contributed by atoms with Crippen molar-refractivity contribution in [3.8, 4) is 11.5 Å². The third-order valence-electron chi connectivity index (χ3n) is 7.82. The minimum absolute atomic E-state index is 0.0302. The average molecular weight is 639 g/mol. The fourth-order valence-corrected chi connectivity index (χ4v) is 5.72. The number of nitrogens with one attached hydrogen (secondary N) is 3. The SMILES string of the molecule is C=C/C(NC(=O)C1CCCC(COc2cc(Cl)ccc2OCC)C1)=C(\NC)C1CCN(C)C1.C=NN=C.CNc1ccccc1. The first-order valence-corrected chi connectivity index (χ1v) is 15.9. The van der Waals surface area contributed by atoms with Crippen LogP contribution in [0.15, 0.2) is 82.8 Å². The molecular formula is C35H51ClN6O3. The Balaban J connectivity index is 0.000000492. The van der Waals surface area contributed by atoms with Crippen LogP contribution in [0.3, 0.4) is 0 Å². The number of carbonyl (C=O) groups is 1. The number of hydrogen-bond acceptors (Lipinski definition) is 8. The summed E-state index contributed by atoms with van der Waals surface area (Å²) < 4.78 is 11.8. The lowest BCUT2D eigenvalue weighted by Gasteiger charge is -2.29. The second-order valence-corrected chi connectivity index (χ2v) is 11.4. The van der Waals surface area contributed by atoms with Crippen molar-refractivity contribution in [2.45, 2.75) is 39.0 Å². The van der Waals surface area contributed by atoms with E-state index >= 15 is 0 Å². The molecule has 10 heteroatoms. The van der Waals surface area contributed by atoms with Gasteiger partial charge in [0.15, 0.2) is 11.5 Å². The normalized spacial score (nSPS) is 19.6. The van der Waals surface area contributed by atoms with Crippen molar-refractivity contribution in [2.75, 3.05) is 52.8 Å². The van der Waals surface area contributed by atoms with Crippen LogP contribution >= 0.6 is 11.6 Å². The minimum atomic E-state index is -0.0302. The number of halogens is 1. The number of hydrogen-bond donors (Lipinski definition) is 3. The maximum atomic E-state index is 13.2. The van der Waals surface area contributed by atoms with E-state index in [1.165, 1.54) is 0 Å². The van der Waals surface area contributed by atoms with Crippen LogP contribution in [0.5, 0.6) is 11.5 Å². The number of allylic oxidation sites excluding steroid dienone is 1. The topological polar surface area (TPSA) is 99.6 Å². The first-order valence-electron chi connectivity index (χ1n) is 15.5. The number of carbonyl (C=O) groups excluding carboxylic acids is 1. The van der Waals surface area contributed by atoms with Gasteiger partial charge in [0.2, 0.25) is 5.91 Å².